The Bertz CT molecular complexity index is 437. The van der Waals surface area contributed by atoms with Crippen LogP contribution in [-0.2, 0) is 19.1 Å². The summed E-state index contributed by atoms with van der Waals surface area (Å²) in [7, 11) is 0. The molecule has 0 N–H and O–H groups in total. The van der Waals surface area contributed by atoms with Crippen LogP contribution in [-0.4, -0.2) is 18.7 Å². The Kier molecular flexibility index (Phi) is 7.74. The third-order valence-electron chi connectivity index (χ3n) is 5.21. The zero-order valence-electron chi connectivity index (χ0n) is 18.2. The van der Waals surface area contributed by atoms with Crippen LogP contribution in [0.3, 0.4) is 0 Å². The van der Waals surface area contributed by atoms with Crippen molar-refractivity contribution in [2.75, 3.05) is 6.79 Å². The first kappa shape index (κ1) is 23.0. The SMILES string of the molecule is CC(CCC1(CCC(C)CC(C)(C)C)C(=O)OCOC1=O)CC(C)(C)C. The lowest BCUT2D eigenvalue weighted by atomic mass is 9.73. The first-order chi connectivity index (χ1) is 11.8. The fourth-order valence-electron chi connectivity index (χ4n) is 4.31. The van der Waals surface area contributed by atoms with Gasteiger partial charge < -0.3 is 9.47 Å². The van der Waals surface area contributed by atoms with Crippen LogP contribution in [0.2, 0.25) is 0 Å². The highest BCUT2D eigenvalue weighted by Crippen LogP contribution is 2.40. The van der Waals surface area contributed by atoms with E-state index in [1.165, 1.54) is 0 Å². The van der Waals surface area contributed by atoms with E-state index in [-0.39, 0.29) is 29.6 Å². The molecule has 0 radical (unpaired) electrons. The molecule has 2 unspecified atom stereocenters. The molecule has 0 spiro atoms. The van der Waals surface area contributed by atoms with Gasteiger partial charge in [0.05, 0.1) is 0 Å². The average molecular weight is 369 g/mol. The molecule has 0 amide bonds. The largest absolute Gasteiger partial charge is 0.427 e. The molecule has 26 heavy (non-hydrogen) atoms. The summed E-state index contributed by atoms with van der Waals surface area (Å²) in [5.41, 5.74) is -0.640. The Balaban J connectivity index is 2.81. The first-order valence-corrected chi connectivity index (χ1v) is 10.1. The zero-order valence-corrected chi connectivity index (χ0v) is 18.2. The number of rotatable bonds is 8. The third-order valence-corrected chi connectivity index (χ3v) is 5.21. The van der Waals surface area contributed by atoms with Crippen LogP contribution >= 0.6 is 0 Å². The lowest BCUT2D eigenvalue weighted by molar-refractivity contribution is -0.203. The molecule has 0 aliphatic carbocycles. The van der Waals surface area contributed by atoms with Gasteiger partial charge in [0.15, 0.2) is 5.41 Å². The summed E-state index contributed by atoms with van der Waals surface area (Å²) in [5.74, 6) is 0.113. The van der Waals surface area contributed by atoms with Gasteiger partial charge in [-0.05, 0) is 61.2 Å². The van der Waals surface area contributed by atoms with Crippen molar-refractivity contribution >= 4 is 11.9 Å². The smallest absolute Gasteiger partial charge is 0.326 e. The Morgan fingerprint density at radius 3 is 1.46 bits per heavy atom. The number of esters is 2. The predicted molar refractivity (Wildman–Crippen MR) is 104 cm³/mol. The van der Waals surface area contributed by atoms with E-state index in [9.17, 15) is 9.59 Å². The van der Waals surface area contributed by atoms with Crippen molar-refractivity contribution in [3.05, 3.63) is 0 Å². The van der Waals surface area contributed by atoms with Crippen molar-refractivity contribution in [1.82, 2.24) is 0 Å². The molecule has 1 saturated heterocycles. The first-order valence-electron chi connectivity index (χ1n) is 10.1. The molecule has 1 aliphatic heterocycles. The lowest BCUT2D eigenvalue weighted by Crippen LogP contribution is -2.47. The molecule has 4 heteroatoms. The fraction of sp³-hybridized carbons (Fsp3) is 0.909. The molecule has 2 atom stereocenters. The van der Waals surface area contributed by atoms with Crippen LogP contribution < -0.4 is 0 Å². The molecule has 0 aromatic rings. The summed E-state index contributed by atoms with van der Waals surface area (Å²) in [4.78, 5) is 25.2. The van der Waals surface area contributed by atoms with E-state index in [1.807, 2.05) is 0 Å². The number of cyclic esters (lactones) is 2. The second kappa shape index (κ2) is 8.75. The molecule has 0 aromatic heterocycles. The van der Waals surface area contributed by atoms with Crippen LogP contribution in [0.15, 0.2) is 0 Å². The second-order valence-electron chi connectivity index (χ2n) is 10.9. The van der Waals surface area contributed by atoms with Gasteiger partial charge in [0.1, 0.15) is 0 Å². The number of hydrogen-bond donors (Lipinski definition) is 0. The van der Waals surface area contributed by atoms with Gasteiger partial charge in [0, 0.05) is 0 Å². The highest BCUT2D eigenvalue weighted by Gasteiger charge is 2.51. The predicted octanol–water partition coefficient (Wildman–Crippen LogP) is 5.74. The van der Waals surface area contributed by atoms with Crippen LogP contribution in [0.4, 0.5) is 0 Å². The van der Waals surface area contributed by atoms with Crippen LogP contribution in [0.5, 0.6) is 0 Å². The second-order valence-corrected chi connectivity index (χ2v) is 10.9. The third kappa shape index (κ3) is 7.28. The van der Waals surface area contributed by atoms with Crippen molar-refractivity contribution in [3.63, 3.8) is 0 Å². The Morgan fingerprint density at radius 2 is 1.15 bits per heavy atom. The molecule has 0 saturated carbocycles. The molecular weight excluding hydrogens is 328 g/mol. The van der Waals surface area contributed by atoms with Crippen molar-refractivity contribution in [2.24, 2.45) is 28.1 Å². The number of hydrogen-bond acceptors (Lipinski definition) is 4. The standard InChI is InChI=1S/C22H40O4/c1-16(13-20(3,4)5)9-11-22(18(23)25-15-26-19(22)24)12-10-17(2)14-21(6,7)8/h16-17H,9-15H2,1-8H3. The molecule has 1 aliphatic rings. The maximum atomic E-state index is 12.6. The molecule has 1 heterocycles. The normalized spacial score (nSPS) is 20.3. The molecule has 0 aromatic carbocycles. The van der Waals surface area contributed by atoms with Crippen molar-refractivity contribution < 1.29 is 19.1 Å². The highest BCUT2D eigenvalue weighted by atomic mass is 16.7. The summed E-state index contributed by atoms with van der Waals surface area (Å²) >= 11 is 0. The van der Waals surface area contributed by atoms with Gasteiger partial charge >= 0.3 is 11.9 Å². The minimum atomic E-state index is -1.11. The number of carbonyl (C=O) groups excluding carboxylic acids is 2. The van der Waals surface area contributed by atoms with E-state index in [0.29, 0.717) is 24.7 Å². The topological polar surface area (TPSA) is 52.6 Å². The number of carbonyl (C=O) groups is 2. The minimum Gasteiger partial charge on any atom is -0.427 e. The van der Waals surface area contributed by atoms with E-state index in [0.717, 1.165) is 25.7 Å². The van der Waals surface area contributed by atoms with E-state index in [1.54, 1.807) is 0 Å². The molecule has 0 bridgehead atoms. The van der Waals surface area contributed by atoms with Crippen molar-refractivity contribution in [3.8, 4) is 0 Å². The molecular formula is C22H40O4. The van der Waals surface area contributed by atoms with Gasteiger partial charge in [0.2, 0.25) is 6.79 Å². The summed E-state index contributed by atoms with van der Waals surface area (Å²) in [6, 6.07) is 0. The molecule has 4 nitrogen and oxygen atoms in total. The van der Waals surface area contributed by atoms with E-state index < -0.39 is 5.41 Å². The molecule has 1 rings (SSSR count). The van der Waals surface area contributed by atoms with Gasteiger partial charge in [-0.1, -0.05) is 55.4 Å². The van der Waals surface area contributed by atoms with E-state index in [2.05, 4.69) is 55.4 Å². The van der Waals surface area contributed by atoms with E-state index >= 15 is 0 Å². The molecule has 152 valence electrons. The summed E-state index contributed by atoms with van der Waals surface area (Å²) in [6.07, 6.45) is 4.82. The lowest BCUT2D eigenvalue weighted by Gasteiger charge is -2.35. The maximum absolute atomic E-state index is 12.6. The summed E-state index contributed by atoms with van der Waals surface area (Å²) < 4.78 is 10.3. The maximum Gasteiger partial charge on any atom is 0.326 e. The van der Waals surface area contributed by atoms with Gasteiger partial charge in [-0.2, -0.15) is 0 Å². The monoisotopic (exact) mass is 368 g/mol. The highest BCUT2D eigenvalue weighted by molar-refractivity contribution is 6.01. The van der Waals surface area contributed by atoms with Crippen LogP contribution in [0, 0.1) is 28.1 Å². The Morgan fingerprint density at radius 1 is 0.808 bits per heavy atom. The van der Waals surface area contributed by atoms with Crippen molar-refractivity contribution in [2.45, 2.75) is 93.9 Å². The number of ether oxygens (including phenoxy) is 2. The van der Waals surface area contributed by atoms with Gasteiger partial charge in [-0.15, -0.1) is 0 Å². The van der Waals surface area contributed by atoms with Crippen LogP contribution in [0.25, 0.3) is 0 Å². The average Bonchev–Trinajstić information content (AvgIpc) is 2.42. The fourth-order valence-corrected chi connectivity index (χ4v) is 4.31. The zero-order chi connectivity index (χ0) is 20.2. The van der Waals surface area contributed by atoms with Crippen LogP contribution in [0.1, 0.15) is 93.9 Å². The van der Waals surface area contributed by atoms with Gasteiger partial charge in [-0.25, -0.2) is 0 Å². The Labute approximate surface area is 160 Å². The quantitative estimate of drug-likeness (QED) is 0.405. The summed E-state index contributed by atoms with van der Waals surface area (Å²) in [5, 5.41) is 0. The van der Waals surface area contributed by atoms with Gasteiger partial charge in [-0.3, -0.25) is 9.59 Å². The van der Waals surface area contributed by atoms with Crippen molar-refractivity contribution in [1.29, 1.82) is 0 Å². The minimum absolute atomic E-state index is 0.237. The molecule has 1 fully saturated rings. The Hall–Kier alpha value is -1.06. The van der Waals surface area contributed by atoms with E-state index in [4.69, 9.17) is 9.47 Å². The summed E-state index contributed by atoms with van der Waals surface area (Å²) in [6.45, 7) is 17.5. The van der Waals surface area contributed by atoms with Gasteiger partial charge in [0.25, 0.3) is 0 Å².